The number of rotatable bonds is 3. The molecular formula is C14H18BrF3N2O. The molecule has 0 saturated heterocycles. The molecule has 0 aliphatic carbocycles. The fourth-order valence-electron chi connectivity index (χ4n) is 1.37. The lowest BCUT2D eigenvalue weighted by molar-refractivity contribution is -0.137. The minimum Gasteiger partial charge on any atom is -0.325 e. The fraction of sp³-hybridized carbons (Fsp3) is 0.500. The fourth-order valence-corrected chi connectivity index (χ4v) is 1.71. The van der Waals surface area contributed by atoms with Gasteiger partial charge < -0.3 is 11.1 Å². The zero-order valence-electron chi connectivity index (χ0n) is 12.2. The summed E-state index contributed by atoms with van der Waals surface area (Å²) in [6.07, 6.45) is -4.47. The van der Waals surface area contributed by atoms with Crippen LogP contribution in [0, 0.1) is 5.41 Å². The van der Waals surface area contributed by atoms with Crippen molar-refractivity contribution in [1.29, 1.82) is 0 Å². The van der Waals surface area contributed by atoms with Gasteiger partial charge in [-0.05, 0) is 61.8 Å². The monoisotopic (exact) mass is 366 g/mol. The van der Waals surface area contributed by atoms with E-state index in [0.29, 0.717) is 4.47 Å². The highest BCUT2D eigenvalue weighted by Gasteiger charge is 2.40. The van der Waals surface area contributed by atoms with Gasteiger partial charge in [0.1, 0.15) is 0 Å². The first-order chi connectivity index (χ1) is 9.26. The van der Waals surface area contributed by atoms with Crippen molar-refractivity contribution in [2.24, 2.45) is 11.1 Å². The van der Waals surface area contributed by atoms with Crippen LogP contribution in [0.5, 0.6) is 0 Å². The summed E-state index contributed by atoms with van der Waals surface area (Å²) in [6.45, 7) is 6.66. The SMILES string of the molecule is CC(C)(N)C(C)(C)C(=O)Nc1cc(C(F)(F)F)ccc1Br. The van der Waals surface area contributed by atoms with Gasteiger partial charge in [-0.25, -0.2) is 0 Å². The number of carbonyl (C=O) groups excluding carboxylic acids is 1. The van der Waals surface area contributed by atoms with Gasteiger partial charge in [0.25, 0.3) is 0 Å². The minimum atomic E-state index is -4.47. The van der Waals surface area contributed by atoms with Crippen molar-refractivity contribution < 1.29 is 18.0 Å². The maximum atomic E-state index is 12.7. The number of amides is 1. The third kappa shape index (κ3) is 3.97. The lowest BCUT2D eigenvalue weighted by Gasteiger charge is -2.37. The van der Waals surface area contributed by atoms with Crippen LogP contribution in [-0.2, 0) is 11.0 Å². The number of nitrogens with two attached hydrogens (primary N) is 1. The van der Waals surface area contributed by atoms with Crippen LogP contribution in [0.3, 0.4) is 0 Å². The van der Waals surface area contributed by atoms with Crippen molar-refractivity contribution in [3.63, 3.8) is 0 Å². The van der Waals surface area contributed by atoms with Crippen molar-refractivity contribution in [2.75, 3.05) is 5.32 Å². The van der Waals surface area contributed by atoms with Gasteiger partial charge in [0, 0.05) is 10.0 Å². The van der Waals surface area contributed by atoms with Crippen molar-refractivity contribution >= 4 is 27.5 Å². The largest absolute Gasteiger partial charge is 0.416 e. The molecule has 0 bridgehead atoms. The summed E-state index contributed by atoms with van der Waals surface area (Å²) in [5, 5.41) is 2.50. The van der Waals surface area contributed by atoms with Crippen LogP contribution >= 0.6 is 15.9 Å². The Kier molecular flexibility index (Phi) is 4.80. The van der Waals surface area contributed by atoms with Crippen molar-refractivity contribution in [3.05, 3.63) is 28.2 Å². The first-order valence-corrected chi connectivity index (χ1v) is 7.03. The van der Waals surface area contributed by atoms with Gasteiger partial charge in [0.05, 0.1) is 16.7 Å². The van der Waals surface area contributed by atoms with Gasteiger partial charge in [-0.1, -0.05) is 0 Å². The normalized spacial score (nSPS) is 13.2. The molecule has 0 fully saturated rings. The molecule has 1 rings (SSSR count). The number of benzene rings is 1. The van der Waals surface area contributed by atoms with Crippen LogP contribution in [0.25, 0.3) is 0 Å². The minimum absolute atomic E-state index is 0.0622. The van der Waals surface area contributed by atoms with Gasteiger partial charge in [0.2, 0.25) is 5.91 Å². The smallest absolute Gasteiger partial charge is 0.325 e. The van der Waals surface area contributed by atoms with Crippen LogP contribution < -0.4 is 11.1 Å². The van der Waals surface area contributed by atoms with Crippen LogP contribution in [0.1, 0.15) is 33.3 Å². The number of anilines is 1. The molecule has 1 amide bonds. The maximum absolute atomic E-state index is 12.7. The van der Waals surface area contributed by atoms with E-state index in [-0.39, 0.29) is 5.69 Å². The summed E-state index contributed by atoms with van der Waals surface area (Å²) in [4.78, 5) is 12.3. The molecule has 21 heavy (non-hydrogen) atoms. The van der Waals surface area contributed by atoms with E-state index >= 15 is 0 Å². The van der Waals surface area contributed by atoms with E-state index in [0.717, 1.165) is 12.1 Å². The van der Waals surface area contributed by atoms with Gasteiger partial charge in [0.15, 0.2) is 0 Å². The molecule has 1 aromatic carbocycles. The Morgan fingerprint density at radius 3 is 2.14 bits per heavy atom. The number of halogens is 4. The molecule has 0 aromatic heterocycles. The second-order valence-corrected chi connectivity index (χ2v) is 6.85. The van der Waals surface area contributed by atoms with E-state index in [1.165, 1.54) is 6.07 Å². The molecule has 0 radical (unpaired) electrons. The predicted octanol–water partition coefficient (Wildman–Crippen LogP) is 4.17. The molecule has 0 aliphatic heterocycles. The molecule has 0 saturated carbocycles. The Balaban J connectivity index is 3.12. The number of hydrogen-bond acceptors (Lipinski definition) is 2. The molecule has 3 nitrogen and oxygen atoms in total. The predicted molar refractivity (Wildman–Crippen MR) is 79.8 cm³/mol. The van der Waals surface area contributed by atoms with Crippen molar-refractivity contribution in [2.45, 2.75) is 39.4 Å². The van der Waals surface area contributed by atoms with Gasteiger partial charge in [-0.3, -0.25) is 4.79 Å². The van der Waals surface area contributed by atoms with Crippen LogP contribution in [-0.4, -0.2) is 11.4 Å². The molecule has 118 valence electrons. The topological polar surface area (TPSA) is 55.1 Å². The summed E-state index contributed by atoms with van der Waals surface area (Å²) in [7, 11) is 0. The third-order valence-electron chi connectivity index (χ3n) is 3.72. The highest BCUT2D eigenvalue weighted by molar-refractivity contribution is 9.10. The Labute approximate surface area is 130 Å². The number of hydrogen-bond donors (Lipinski definition) is 2. The average Bonchev–Trinajstić information content (AvgIpc) is 2.28. The quantitative estimate of drug-likeness (QED) is 0.843. The molecular weight excluding hydrogens is 349 g/mol. The van der Waals surface area contributed by atoms with E-state index in [9.17, 15) is 18.0 Å². The van der Waals surface area contributed by atoms with E-state index in [1.54, 1.807) is 27.7 Å². The molecule has 1 aromatic rings. The second kappa shape index (κ2) is 5.61. The molecule has 0 heterocycles. The highest BCUT2D eigenvalue weighted by atomic mass is 79.9. The molecule has 0 aliphatic rings. The maximum Gasteiger partial charge on any atom is 0.416 e. The summed E-state index contributed by atoms with van der Waals surface area (Å²) >= 11 is 3.13. The first kappa shape index (κ1) is 18.0. The first-order valence-electron chi connectivity index (χ1n) is 6.24. The summed E-state index contributed by atoms with van der Waals surface area (Å²) in [5.41, 5.74) is 3.40. The van der Waals surface area contributed by atoms with Gasteiger partial charge in [-0.15, -0.1) is 0 Å². The Hall–Kier alpha value is -1.08. The molecule has 0 spiro atoms. The summed E-state index contributed by atoms with van der Waals surface area (Å²) in [5.74, 6) is -0.449. The molecule has 3 N–H and O–H groups in total. The molecule has 7 heteroatoms. The van der Waals surface area contributed by atoms with E-state index in [1.807, 2.05) is 0 Å². The lowest BCUT2D eigenvalue weighted by Crippen LogP contribution is -2.53. The van der Waals surface area contributed by atoms with Crippen LogP contribution in [0.15, 0.2) is 22.7 Å². The molecule has 0 atom stereocenters. The number of alkyl halides is 3. The van der Waals surface area contributed by atoms with E-state index in [2.05, 4.69) is 21.2 Å². The number of carbonyl (C=O) groups is 1. The zero-order valence-corrected chi connectivity index (χ0v) is 13.8. The summed E-state index contributed by atoms with van der Waals surface area (Å²) in [6, 6.07) is 3.08. The van der Waals surface area contributed by atoms with Crippen LogP contribution in [0.2, 0.25) is 0 Å². The van der Waals surface area contributed by atoms with Crippen molar-refractivity contribution in [1.82, 2.24) is 0 Å². The van der Waals surface area contributed by atoms with E-state index < -0.39 is 28.6 Å². The van der Waals surface area contributed by atoms with Gasteiger partial charge >= 0.3 is 6.18 Å². The van der Waals surface area contributed by atoms with Gasteiger partial charge in [-0.2, -0.15) is 13.2 Å². The third-order valence-corrected chi connectivity index (χ3v) is 4.41. The van der Waals surface area contributed by atoms with Crippen LogP contribution in [0.4, 0.5) is 18.9 Å². The highest BCUT2D eigenvalue weighted by Crippen LogP contribution is 2.35. The lowest BCUT2D eigenvalue weighted by atomic mass is 9.74. The second-order valence-electron chi connectivity index (χ2n) is 5.99. The molecule has 0 unspecified atom stereocenters. The van der Waals surface area contributed by atoms with Crippen molar-refractivity contribution in [3.8, 4) is 0 Å². The Morgan fingerprint density at radius 2 is 1.71 bits per heavy atom. The van der Waals surface area contributed by atoms with E-state index in [4.69, 9.17) is 5.73 Å². The average molecular weight is 367 g/mol. The number of nitrogens with one attached hydrogen (secondary N) is 1. The standard InChI is InChI=1S/C14H18BrF3N2O/c1-12(2,13(3,4)19)11(21)20-10-7-8(14(16,17)18)5-6-9(10)15/h5-7H,19H2,1-4H3,(H,20,21). The Bertz CT molecular complexity index is 548. The summed E-state index contributed by atoms with van der Waals surface area (Å²) < 4.78 is 38.5. The Morgan fingerprint density at radius 1 is 1.19 bits per heavy atom. The zero-order chi connectivity index (χ0) is 16.6.